The minimum absolute atomic E-state index is 0.210. The van der Waals surface area contributed by atoms with Gasteiger partial charge in [0.15, 0.2) is 0 Å². The van der Waals surface area contributed by atoms with Crippen molar-refractivity contribution in [3.63, 3.8) is 0 Å². The van der Waals surface area contributed by atoms with Crippen LogP contribution in [0.3, 0.4) is 0 Å². The summed E-state index contributed by atoms with van der Waals surface area (Å²) in [4.78, 5) is 14.5. The molecule has 2 unspecified atom stereocenters. The van der Waals surface area contributed by atoms with Gasteiger partial charge < -0.3 is 30.4 Å². The van der Waals surface area contributed by atoms with Gasteiger partial charge in [0, 0.05) is 18.1 Å². The first-order valence-corrected chi connectivity index (χ1v) is 12.0. The lowest BCUT2D eigenvalue weighted by Gasteiger charge is -2.27. The summed E-state index contributed by atoms with van der Waals surface area (Å²) in [5.74, 6) is -0.763. The SMILES string of the molecule is [N-]=[N+]=NCCOCCOCCC(CCc1ccccc1)CCC(N)(CCCCB(O)O)C(=O)O. The van der Waals surface area contributed by atoms with Crippen molar-refractivity contribution in [1.29, 1.82) is 0 Å². The van der Waals surface area contributed by atoms with Crippen LogP contribution < -0.4 is 5.73 Å². The normalized spacial score (nSPS) is 13.6. The summed E-state index contributed by atoms with van der Waals surface area (Å²) in [5, 5.41) is 31.1. The summed E-state index contributed by atoms with van der Waals surface area (Å²) in [7, 11) is -1.38. The average molecular weight is 478 g/mol. The number of ether oxygens (including phenoxy) is 2. The van der Waals surface area contributed by atoms with Crippen LogP contribution in [0.25, 0.3) is 10.4 Å². The number of benzene rings is 1. The van der Waals surface area contributed by atoms with Crippen LogP contribution in [0.4, 0.5) is 0 Å². The van der Waals surface area contributed by atoms with Gasteiger partial charge in [0.05, 0.1) is 19.8 Å². The molecule has 0 aliphatic heterocycles. The first-order chi connectivity index (χ1) is 16.4. The number of rotatable bonds is 21. The molecule has 0 amide bonds. The zero-order valence-electron chi connectivity index (χ0n) is 19.9. The van der Waals surface area contributed by atoms with E-state index in [1.54, 1.807) is 0 Å². The van der Waals surface area contributed by atoms with E-state index in [4.69, 9.17) is 30.8 Å². The second-order valence-electron chi connectivity index (χ2n) is 8.58. The molecule has 10 nitrogen and oxygen atoms in total. The van der Waals surface area contributed by atoms with E-state index in [1.807, 2.05) is 18.2 Å². The third kappa shape index (κ3) is 14.2. The molecule has 0 saturated heterocycles. The Morgan fingerprint density at radius 1 is 1.06 bits per heavy atom. The summed E-state index contributed by atoms with van der Waals surface area (Å²) in [6, 6.07) is 10.2. The van der Waals surface area contributed by atoms with Crippen molar-refractivity contribution in [3.05, 3.63) is 46.3 Å². The average Bonchev–Trinajstić information content (AvgIpc) is 2.82. The van der Waals surface area contributed by atoms with Crippen LogP contribution in [0.1, 0.15) is 50.5 Å². The molecule has 0 heterocycles. The lowest BCUT2D eigenvalue weighted by Crippen LogP contribution is -2.48. The molecule has 0 spiro atoms. The van der Waals surface area contributed by atoms with Gasteiger partial charge in [-0.05, 0) is 61.9 Å². The number of nitrogens with two attached hydrogens (primary N) is 1. The molecule has 1 rings (SSSR count). The summed E-state index contributed by atoms with van der Waals surface area (Å²) in [6.07, 6.45) is 5.16. The first kappa shape index (κ1) is 29.9. The van der Waals surface area contributed by atoms with Crippen LogP contribution in [-0.4, -0.2) is 66.8 Å². The Morgan fingerprint density at radius 2 is 1.76 bits per heavy atom. The molecule has 0 saturated carbocycles. The van der Waals surface area contributed by atoms with Crippen molar-refractivity contribution >= 4 is 13.1 Å². The van der Waals surface area contributed by atoms with Gasteiger partial charge in [-0.3, -0.25) is 4.79 Å². The first-order valence-electron chi connectivity index (χ1n) is 12.0. The number of azide groups is 1. The van der Waals surface area contributed by atoms with Crippen LogP contribution in [0.15, 0.2) is 35.4 Å². The van der Waals surface area contributed by atoms with Crippen LogP contribution >= 0.6 is 0 Å². The van der Waals surface area contributed by atoms with E-state index in [1.165, 1.54) is 5.56 Å². The number of carboxylic acids is 1. The van der Waals surface area contributed by atoms with Crippen molar-refractivity contribution < 1.29 is 29.4 Å². The van der Waals surface area contributed by atoms with Crippen molar-refractivity contribution in [2.24, 2.45) is 16.8 Å². The molecule has 0 aliphatic carbocycles. The monoisotopic (exact) mass is 478 g/mol. The molecule has 1 aromatic carbocycles. The Hall–Kier alpha value is -2.14. The molecule has 0 aliphatic rings. The maximum absolute atomic E-state index is 11.9. The summed E-state index contributed by atoms with van der Waals surface area (Å²) >= 11 is 0. The van der Waals surface area contributed by atoms with E-state index >= 15 is 0 Å². The molecule has 1 aromatic rings. The number of aliphatic carboxylic acids is 1. The minimum atomic E-state index is -1.38. The van der Waals surface area contributed by atoms with Gasteiger partial charge in [-0.1, -0.05) is 48.3 Å². The van der Waals surface area contributed by atoms with E-state index in [2.05, 4.69) is 22.2 Å². The summed E-state index contributed by atoms with van der Waals surface area (Å²) in [5.41, 5.74) is 14.4. The molecular weight excluding hydrogens is 439 g/mol. The van der Waals surface area contributed by atoms with E-state index in [9.17, 15) is 9.90 Å². The van der Waals surface area contributed by atoms with Crippen molar-refractivity contribution in [3.8, 4) is 0 Å². The van der Waals surface area contributed by atoms with Gasteiger partial charge in [0.1, 0.15) is 5.54 Å². The van der Waals surface area contributed by atoms with Crippen LogP contribution in [-0.2, 0) is 20.7 Å². The van der Waals surface area contributed by atoms with Crippen LogP contribution in [0.5, 0.6) is 0 Å². The summed E-state index contributed by atoms with van der Waals surface area (Å²) < 4.78 is 11.0. The van der Waals surface area contributed by atoms with Gasteiger partial charge >= 0.3 is 13.1 Å². The molecular formula is C23H39BN4O6. The largest absolute Gasteiger partial charge is 0.480 e. The summed E-state index contributed by atoms with van der Waals surface area (Å²) in [6.45, 7) is 2.05. The molecule has 0 fully saturated rings. The van der Waals surface area contributed by atoms with Gasteiger partial charge in [-0.15, -0.1) is 0 Å². The van der Waals surface area contributed by atoms with Crippen molar-refractivity contribution in [2.75, 3.05) is 33.0 Å². The Morgan fingerprint density at radius 3 is 2.41 bits per heavy atom. The fourth-order valence-electron chi connectivity index (χ4n) is 3.74. The lowest BCUT2D eigenvalue weighted by molar-refractivity contribution is -0.144. The molecule has 5 N–H and O–H groups in total. The van der Waals surface area contributed by atoms with Gasteiger partial charge in [0.2, 0.25) is 0 Å². The van der Waals surface area contributed by atoms with Gasteiger partial charge in [0.25, 0.3) is 0 Å². The molecule has 2 atom stereocenters. The second kappa shape index (κ2) is 18.2. The highest BCUT2D eigenvalue weighted by atomic mass is 16.5. The quantitative estimate of drug-likeness (QED) is 0.0691. The fraction of sp³-hybridized carbons (Fsp3) is 0.696. The molecule has 190 valence electrons. The van der Waals surface area contributed by atoms with E-state index in [0.29, 0.717) is 65.1 Å². The predicted molar refractivity (Wildman–Crippen MR) is 131 cm³/mol. The fourth-order valence-corrected chi connectivity index (χ4v) is 3.74. The number of carbonyl (C=O) groups is 1. The Balaban J connectivity index is 2.52. The number of aryl methyl sites for hydroxylation is 1. The van der Waals surface area contributed by atoms with E-state index in [0.717, 1.165) is 19.3 Å². The minimum Gasteiger partial charge on any atom is -0.480 e. The number of unbranched alkanes of at least 4 members (excludes halogenated alkanes) is 1. The zero-order chi connectivity index (χ0) is 25.1. The molecule has 0 aromatic heterocycles. The Labute approximate surface area is 202 Å². The molecule has 34 heavy (non-hydrogen) atoms. The number of nitrogens with zero attached hydrogens (tertiary/aromatic N) is 3. The number of carboxylic acid groups (broad SMARTS) is 1. The van der Waals surface area contributed by atoms with Gasteiger partial charge in [-0.2, -0.15) is 0 Å². The maximum atomic E-state index is 11.9. The highest BCUT2D eigenvalue weighted by Gasteiger charge is 2.33. The smallest absolute Gasteiger partial charge is 0.451 e. The van der Waals surface area contributed by atoms with Crippen LogP contribution in [0, 0.1) is 5.92 Å². The van der Waals surface area contributed by atoms with Crippen molar-refractivity contribution in [1.82, 2.24) is 0 Å². The highest BCUT2D eigenvalue weighted by molar-refractivity contribution is 6.40. The van der Waals surface area contributed by atoms with Crippen molar-refractivity contribution in [2.45, 2.75) is 63.2 Å². The number of hydrogen-bond acceptors (Lipinski definition) is 7. The lowest BCUT2D eigenvalue weighted by atomic mass is 9.80. The predicted octanol–water partition coefficient (Wildman–Crippen LogP) is 3.17. The Kier molecular flexibility index (Phi) is 16.0. The standard InChI is InChI=1S/C23H39BN4O6/c25-23(22(29)30,12-4-5-14-24(31)32)13-10-21(9-8-20-6-2-1-3-7-20)11-16-33-18-19-34-17-15-27-28-26/h1-3,6-7,21,31-32H,4-5,8-19,25H2,(H,29,30). The maximum Gasteiger partial charge on any atom is 0.451 e. The van der Waals surface area contributed by atoms with Gasteiger partial charge in [-0.25, -0.2) is 0 Å². The van der Waals surface area contributed by atoms with Crippen LogP contribution in [0.2, 0.25) is 6.32 Å². The Bertz CT molecular complexity index is 721. The second-order valence-corrected chi connectivity index (χ2v) is 8.58. The molecule has 0 radical (unpaired) electrons. The third-order valence-electron chi connectivity index (χ3n) is 5.89. The molecule has 11 heteroatoms. The number of hydrogen-bond donors (Lipinski definition) is 4. The molecule has 0 bridgehead atoms. The highest BCUT2D eigenvalue weighted by Crippen LogP contribution is 2.26. The topological polar surface area (TPSA) is 171 Å². The van der Waals surface area contributed by atoms with E-state index in [-0.39, 0.29) is 12.2 Å². The zero-order valence-corrected chi connectivity index (χ0v) is 19.9. The third-order valence-corrected chi connectivity index (χ3v) is 5.89. The van der Waals surface area contributed by atoms with E-state index < -0.39 is 18.6 Å².